The fourth-order valence-corrected chi connectivity index (χ4v) is 2.73. The van der Waals surface area contributed by atoms with Crippen LogP contribution in [0.3, 0.4) is 0 Å². The van der Waals surface area contributed by atoms with E-state index in [0.29, 0.717) is 23.8 Å². The van der Waals surface area contributed by atoms with E-state index in [-0.39, 0.29) is 24.2 Å². The number of carbonyl (C=O) groups is 2. The molecule has 2 amide bonds. The lowest BCUT2D eigenvalue weighted by Crippen LogP contribution is -2.32. The van der Waals surface area contributed by atoms with Gasteiger partial charge in [-0.3, -0.25) is 9.59 Å². The number of amides is 2. The summed E-state index contributed by atoms with van der Waals surface area (Å²) >= 11 is 0. The molecule has 3 rings (SSSR count). The summed E-state index contributed by atoms with van der Waals surface area (Å²) in [7, 11) is 0. The molecule has 1 saturated heterocycles. The van der Waals surface area contributed by atoms with Gasteiger partial charge in [-0.15, -0.1) is 0 Å². The van der Waals surface area contributed by atoms with Crippen molar-refractivity contribution in [3.05, 3.63) is 65.5 Å². The highest BCUT2D eigenvalue weighted by Crippen LogP contribution is 2.25. The number of hydrogen-bond donors (Lipinski definition) is 2. The summed E-state index contributed by atoms with van der Waals surface area (Å²) in [4.78, 5) is 24.1. The maximum absolute atomic E-state index is 12.8. The summed E-state index contributed by atoms with van der Waals surface area (Å²) in [5, 5.41) is 5.19. The Labute approximate surface area is 145 Å². The van der Waals surface area contributed by atoms with Crippen LogP contribution in [0.25, 0.3) is 0 Å². The van der Waals surface area contributed by atoms with Gasteiger partial charge in [-0.05, 0) is 48.4 Å². The van der Waals surface area contributed by atoms with E-state index in [9.17, 15) is 14.0 Å². The smallest absolute Gasteiger partial charge is 0.251 e. The molecule has 0 spiro atoms. The highest BCUT2D eigenvalue weighted by molar-refractivity contribution is 5.99. The van der Waals surface area contributed by atoms with Crippen molar-refractivity contribution in [1.82, 2.24) is 5.32 Å². The molecule has 1 aliphatic rings. The summed E-state index contributed by atoms with van der Waals surface area (Å²) < 4.78 is 18.2. The Morgan fingerprint density at radius 3 is 2.68 bits per heavy atom. The summed E-state index contributed by atoms with van der Waals surface area (Å²) in [6.07, 6.45) is 0.950. The molecule has 0 bridgehead atoms. The third kappa shape index (κ3) is 4.64. The molecule has 0 aromatic heterocycles. The van der Waals surface area contributed by atoms with Crippen molar-refractivity contribution in [2.75, 3.05) is 25.1 Å². The fraction of sp³-hybridized carbons (Fsp3) is 0.263. The Hall–Kier alpha value is -2.73. The second-order valence-corrected chi connectivity index (χ2v) is 5.92. The molecule has 1 aliphatic heterocycles. The lowest BCUT2D eigenvalue weighted by Gasteiger charge is -2.10. The fourth-order valence-electron chi connectivity index (χ4n) is 2.73. The lowest BCUT2D eigenvalue weighted by atomic mass is 9.96. The van der Waals surface area contributed by atoms with E-state index in [0.717, 1.165) is 18.6 Å². The molecule has 130 valence electrons. The summed E-state index contributed by atoms with van der Waals surface area (Å²) in [5.74, 6) is -0.747. The molecule has 2 aromatic rings. The zero-order chi connectivity index (χ0) is 17.6. The van der Waals surface area contributed by atoms with Crippen LogP contribution in [-0.4, -0.2) is 31.6 Å². The molecule has 1 fully saturated rings. The van der Waals surface area contributed by atoms with Gasteiger partial charge in [-0.2, -0.15) is 0 Å². The molecular formula is C19H19FN2O3. The van der Waals surface area contributed by atoms with Crippen LogP contribution < -0.4 is 10.6 Å². The van der Waals surface area contributed by atoms with E-state index < -0.39 is 0 Å². The maximum Gasteiger partial charge on any atom is 0.251 e. The predicted octanol–water partition coefficient (Wildman–Crippen LogP) is 2.70. The van der Waals surface area contributed by atoms with Gasteiger partial charge in [-0.25, -0.2) is 4.39 Å². The number of nitrogens with one attached hydrogen (secondary N) is 2. The Bertz CT molecular complexity index is 756. The van der Waals surface area contributed by atoms with E-state index in [1.165, 1.54) is 24.3 Å². The molecule has 6 heteroatoms. The van der Waals surface area contributed by atoms with Gasteiger partial charge >= 0.3 is 0 Å². The molecule has 5 nitrogen and oxygen atoms in total. The van der Waals surface area contributed by atoms with E-state index in [1.807, 2.05) is 18.2 Å². The third-order valence-electron chi connectivity index (χ3n) is 4.09. The number of ether oxygens (including phenoxy) is 1. The molecule has 1 heterocycles. The molecule has 0 radical (unpaired) electrons. The Kier molecular flexibility index (Phi) is 5.40. The molecule has 0 aliphatic carbocycles. The summed E-state index contributed by atoms with van der Waals surface area (Å²) in [5.41, 5.74) is 2.06. The van der Waals surface area contributed by atoms with Gasteiger partial charge < -0.3 is 15.4 Å². The molecule has 25 heavy (non-hydrogen) atoms. The zero-order valence-corrected chi connectivity index (χ0v) is 13.6. The van der Waals surface area contributed by atoms with Gasteiger partial charge in [-0.1, -0.05) is 12.1 Å². The minimum absolute atomic E-state index is 0.160. The average molecular weight is 342 g/mol. The highest BCUT2D eigenvalue weighted by Gasteiger charge is 2.19. The van der Waals surface area contributed by atoms with Crippen LogP contribution in [-0.2, 0) is 9.53 Å². The van der Waals surface area contributed by atoms with Crippen molar-refractivity contribution < 1.29 is 18.7 Å². The van der Waals surface area contributed by atoms with Crippen LogP contribution in [0.2, 0.25) is 0 Å². The Morgan fingerprint density at radius 2 is 1.96 bits per heavy atom. The average Bonchev–Trinajstić information content (AvgIpc) is 3.16. The van der Waals surface area contributed by atoms with Gasteiger partial charge in [0.25, 0.3) is 5.91 Å². The van der Waals surface area contributed by atoms with Crippen LogP contribution in [0.15, 0.2) is 48.5 Å². The minimum Gasteiger partial charge on any atom is -0.381 e. The second kappa shape index (κ2) is 7.90. The maximum atomic E-state index is 12.8. The normalized spacial score (nSPS) is 16.4. The Morgan fingerprint density at radius 1 is 1.16 bits per heavy atom. The quantitative estimate of drug-likeness (QED) is 0.878. The van der Waals surface area contributed by atoms with Crippen molar-refractivity contribution in [1.29, 1.82) is 0 Å². The van der Waals surface area contributed by atoms with E-state index in [1.54, 1.807) is 6.07 Å². The predicted molar refractivity (Wildman–Crippen MR) is 92.0 cm³/mol. The van der Waals surface area contributed by atoms with Crippen molar-refractivity contribution in [2.24, 2.45) is 0 Å². The second-order valence-electron chi connectivity index (χ2n) is 5.92. The number of benzene rings is 2. The zero-order valence-electron chi connectivity index (χ0n) is 13.6. The molecule has 0 saturated carbocycles. The van der Waals surface area contributed by atoms with E-state index >= 15 is 0 Å². The van der Waals surface area contributed by atoms with Gasteiger partial charge in [0, 0.05) is 23.8 Å². The number of hydrogen-bond acceptors (Lipinski definition) is 3. The van der Waals surface area contributed by atoms with Crippen molar-refractivity contribution in [2.45, 2.75) is 12.3 Å². The van der Waals surface area contributed by atoms with Crippen LogP contribution in [0.5, 0.6) is 0 Å². The van der Waals surface area contributed by atoms with Crippen molar-refractivity contribution >= 4 is 17.5 Å². The first-order valence-electron chi connectivity index (χ1n) is 8.13. The molecule has 2 aromatic carbocycles. The summed E-state index contributed by atoms with van der Waals surface area (Å²) in [6.45, 7) is 1.25. The van der Waals surface area contributed by atoms with Crippen LogP contribution in [0.1, 0.15) is 28.3 Å². The minimum atomic E-state index is -0.376. The standard InChI is InChI=1S/C19H19FN2O3/c20-16-4-6-17(7-5-16)22-18(23)11-21-19(24)14-3-1-2-13(10-14)15-8-9-25-12-15/h1-7,10,15H,8-9,11-12H2,(H,21,24)(H,22,23)/t15-/m1/s1. The monoisotopic (exact) mass is 342 g/mol. The van der Waals surface area contributed by atoms with Gasteiger partial charge in [0.1, 0.15) is 5.82 Å². The molecule has 1 atom stereocenters. The van der Waals surface area contributed by atoms with Crippen LogP contribution in [0.4, 0.5) is 10.1 Å². The van der Waals surface area contributed by atoms with Gasteiger partial charge in [0.15, 0.2) is 0 Å². The number of halogens is 1. The van der Waals surface area contributed by atoms with E-state index in [2.05, 4.69) is 10.6 Å². The molecule has 2 N–H and O–H groups in total. The van der Waals surface area contributed by atoms with Crippen LogP contribution >= 0.6 is 0 Å². The first-order valence-corrected chi connectivity index (χ1v) is 8.13. The van der Waals surface area contributed by atoms with Gasteiger partial charge in [0.2, 0.25) is 5.91 Å². The number of carbonyl (C=O) groups excluding carboxylic acids is 2. The lowest BCUT2D eigenvalue weighted by molar-refractivity contribution is -0.115. The van der Waals surface area contributed by atoms with Crippen molar-refractivity contribution in [3.8, 4) is 0 Å². The first kappa shape index (κ1) is 17.1. The third-order valence-corrected chi connectivity index (χ3v) is 4.09. The summed E-state index contributed by atoms with van der Waals surface area (Å²) in [6, 6.07) is 12.8. The molecular weight excluding hydrogens is 323 g/mol. The first-order chi connectivity index (χ1) is 12.1. The topological polar surface area (TPSA) is 67.4 Å². The number of anilines is 1. The largest absolute Gasteiger partial charge is 0.381 e. The van der Waals surface area contributed by atoms with E-state index in [4.69, 9.17) is 4.74 Å². The van der Waals surface area contributed by atoms with Crippen LogP contribution in [0, 0.1) is 5.82 Å². The Balaban J connectivity index is 1.54. The highest BCUT2D eigenvalue weighted by atomic mass is 19.1. The van der Waals surface area contributed by atoms with Gasteiger partial charge in [0.05, 0.1) is 13.2 Å². The molecule has 0 unspecified atom stereocenters. The van der Waals surface area contributed by atoms with Crippen molar-refractivity contribution in [3.63, 3.8) is 0 Å². The SMILES string of the molecule is O=C(CNC(=O)c1cccc([C@@H]2CCOC2)c1)Nc1ccc(F)cc1. The number of rotatable bonds is 5.